The topological polar surface area (TPSA) is 69.4 Å². The van der Waals surface area contributed by atoms with E-state index in [1.807, 2.05) is 0 Å². The number of ether oxygens (including phenoxy) is 1. The molecule has 0 aliphatic carbocycles. The SMILES string of the molecule is CCCCCCCCOc1ccc(F)cc1S(N)(=O)=O. The summed E-state index contributed by atoms with van der Waals surface area (Å²) < 4.78 is 41.2. The molecule has 0 amide bonds. The van der Waals surface area contributed by atoms with Crippen LogP contribution in [0.5, 0.6) is 5.75 Å². The highest BCUT2D eigenvalue weighted by atomic mass is 32.2. The zero-order valence-corrected chi connectivity index (χ0v) is 12.6. The van der Waals surface area contributed by atoms with Gasteiger partial charge in [-0.2, -0.15) is 0 Å². The van der Waals surface area contributed by atoms with Gasteiger partial charge >= 0.3 is 0 Å². The maximum absolute atomic E-state index is 13.1. The summed E-state index contributed by atoms with van der Waals surface area (Å²) in [4.78, 5) is -0.302. The Kier molecular flexibility index (Phi) is 6.95. The van der Waals surface area contributed by atoms with Crippen LogP contribution < -0.4 is 9.88 Å². The molecule has 0 aliphatic heterocycles. The number of nitrogens with two attached hydrogens (primary N) is 1. The molecule has 1 rings (SSSR count). The number of sulfonamides is 1. The second-order valence-corrected chi connectivity index (χ2v) is 6.28. The molecule has 0 heterocycles. The van der Waals surface area contributed by atoms with E-state index in [0.29, 0.717) is 6.61 Å². The van der Waals surface area contributed by atoms with E-state index >= 15 is 0 Å². The van der Waals surface area contributed by atoms with Gasteiger partial charge in [-0.3, -0.25) is 0 Å². The van der Waals surface area contributed by atoms with Crippen LogP contribution in [-0.2, 0) is 10.0 Å². The van der Waals surface area contributed by atoms with Crippen LogP contribution in [0.15, 0.2) is 23.1 Å². The van der Waals surface area contributed by atoms with Gasteiger partial charge in [0.15, 0.2) is 0 Å². The number of benzene rings is 1. The molecule has 20 heavy (non-hydrogen) atoms. The highest BCUT2D eigenvalue weighted by Crippen LogP contribution is 2.23. The minimum absolute atomic E-state index is 0.113. The van der Waals surface area contributed by atoms with Gasteiger partial charge in [0.05, 0.1) is 6.61 Å². The zero-order valence-electron chi connectivity index (χ0n) is 11.8. The monoisotopic (exact) mass is 303 g/mol. The van der Waals surface area contributed by atoms with Crippen molar-refractivity contribution in [1.82, 2.24) is 0 Å². The maximum Gasteiger partial charge on any atom is 0.241 e. The summed E-state index contributed by atoms with van der Waals surface area (Å²) in [6.07, 6.45) is 6.65. The Balaban J connectivity index is 2.48. The number of hydrogen-bond donors (Lipinski definition) is 1. The van der Waals surface area contributed by atoms with Crippen LogP contribution in [0, 0.1) is 5.82 Å². The van der Waals surface area contributed by atoms with E-state index < -0.39 is 15.8 Å². The fourth-order valence-electron chi connectivity index (χ4n) is 1.89. The molecule has 0 fully saturated rings. The van der Waals surface area contributed by atoms with E-state index in [9.17, 15) is 12.8 Å². The first-order chi connectivity index (χ1) is 9.45. The van der Waals surface area contributed by atoms with Crippen molar-refractivity contribution in [2.24, 2.45) is 5.14 Å². The Hall–Kier alpha value is -1.14. The van der Waals surface area contributed by atoms with E-state index in [-0.39, 0.29) is 10.6 Å². The van der Waals surface area contributed by atoms with Gasteiger partial charge < -0.3 is 4.74 Å². The van der Waals surface area contributed by atoms with E-state index in [0.717, 1.165) is 31.4 Å². The molecular formula is C14H22FNO3S. The summed E-state index contributed by atoms with van der Waals surface area (Å²) >= 11 is 0. The lowest BCUT2D eigenvalue weighted by molar-refractivity contribution is 0.296. The number of unbranched alkanes of at least 4 members (excludes halogenated alkanes) is 5. The zero-order chi connectivity index (χ0) is 15.0. The Morgan fingerprint density at radius 1 is 1.15 bits per heavy atom. The van der Waals surface area contributed by atoms with Gasteiger partial charge in [0.2, 0.25) is 10.0 Å². The highest BCUT2D eigenvalue weighted by molar-refractivity contribution is 7.89. The predicted octanol–water partition coefficient (Wildman–Crippen LogP) is 3.21. The molecule has 0 saturated carbocycles. The first-order valence-electron chi connectivity index (χ1n) is 6.90. The van der Waals surface area contributed by atoms with Crippen molar-refractivity contribution in [2.45, 2.75) is 50.3 Å². The van der Waals surface area contributed by atoms with Gasteiger partial charge in [0, 0.05) is 0 Å². The fourth-order valence-corrected chi connectivity index (χ4v) is 2.57. The Bertz CT molecular complexity index is 517. The van der Waals surface area contributed by atoms with Crippen molar-refractivity contribution < 1.29 is 17.5 Å². The molecule has 0 radical (unpaired) electrons. The number of rotatable bonds is 9. The van der Waals surface area contributed by atoms with Gasteiger partial charge in [-0.15, -0.1) is 0 Å². The second-order valence-electron chi connectivity index (χ2n) is 4.75. The first-order valence-corrected chi connectivity index (χ1v) is 8.45. The van der Waals surface area contributed by atoms with Crippen molar-refractivity contribution in [3.63, 3.8) is 0 Å². The molecule has 1 aromatic rings. The maximum atomic E-state index is 13.1. The van der Waals surface area contributed by atoms with Gasteiger partial charge in [0.25, 0.3) is 0 Å². The first kappa shape index (κ1) is 16.9. The molecule has 0 spiro atoms. The number of halogens is 1. The minimum atomic E-state index is -3.98. The van der Waals surface area contributed by atoms with Gasteiger partial charge in [-0.05, 0) is 24.6 Å². The molecule has 2 N–H and O–H groups in total. The third kappa shape index (κ3) is 5.88. The van der Waals surface area contributed by atoms with E-state index in [1.54, 1.807) is 0 Å². The van der Waals surface area contributed by atoms with Crippen LogP contribution in [0.1, 0.15) is 45.4 Å². The molecule has 1 aromatic carbocycles. The summed E-state index contributed by atoms with van der Waals surface area (Å²) in [5.74, 6) is -0.539. The highest BCUT2D eigenvalue weighted by Gasteiger charge is 2.16. The molecule has 0 atom stereocenters. The summed E-state index contributed by atoms with van der Waals surface area (Å²) in [6.45, 7) is 2.56. The molecule has 0 bridgehead atoms. The van der Waals surface area contributed by atoms with Crippen molar-refractivity contribution in [3.8, 4) is 5.75 Å². The van der Waals surface area contributed by atoms with Gasteiger partial charge in [-0.25, -0.2) is 17.9 Å². The average molecular weight is 303 g/mol. The number of hydrogen-bond acceptors (Lipinski definition) is 3. The third-order valence-corrected chi connectivity index (χ3v) is 3.90. The van der Waals surface area contributed by atoms with E-state index in [1.165, 1.54) is 25.3 Å². The molecular weight excluding hydrogens is 281 g/mol. The second kappa shape index (κ2) is 8.21. The minimum Gasteiger partial charge on any atom is -0.492 e. The normalized spacial score (nSPS) is 11.6. The van der Waals surface area contributed by atoms with Crippen molar-refractivity contribution >= 4 is 10.0 Å². The van der Waals surface area contributed by atoms with Crippen molar-refractivity contribution in [2.75, 3.05) is 6.61 Å². The standard InChI is InChI=1S/C14H22FNO3S/c1-2-3-4-5-6-7-10-19-13-9-8-12(15)11-14(13)20(16,17)18/h8-9,11H,2-7,10H2,1H3,(H2,16,17,18). The molecule has 4 nitrogen and oxygen atoms in total. The predicted molar refractivity (Wildman–Crippen MR) is 76.6 cm³/mol. The fraction of sp³-hybridized carbons (Fsp3) is 0.571. The number of primary sulfonamides is 1. The van der Waals surface area contributed by atoms with Gasteiger partial charge in [-0.1, -0.05) is 39.0 Å². The third-order valence-electron chi connectivity index (χ3n) is 2.97. The lowest BCUT2D eigenvalue weighted by atomic mass is 10.1. The van der Waals surface area contributed by atoms with Crippen LogP contribution >= 0.6 is 0 Å². The van der Waals surface area contributed by atoms with Crippen LogP contribution in [0.25, 0.3) is 0 Å². The smallest absolute Gasteiger partial charge is 0.241 e. The lowest BCUT2D eigenvalue weighted by Gasteiger charge is -2.10. The Morgan fingerprint density at radius 2 is 1.80 bits per heavy atom. The molecule has 114 valence electrons. The summed E-state index contributed by atoms with van der Waals surface area (Å²) in [5.41, 5.74) is 0. The molecule has 0 aromatic heterocycles. The Morgan fingerprint density at radius 3 is 2.45 bits per heavy atom. The van der Waals surface area contributed by atoms with Crippen molar-refractivity contribution in [3.05, 3.63) is 24.0 Å². The van der Waals surface area contributed by atoms with Crippen LogP contribution in [0.2, 0.25) is 0 Å². The molecule has 0 unspecified atom stereocenters. The van der Waals surface area contributed by atoms with Crippen LogP contribution in [0.4, 0.5) is 4.39 Å². The van der Waals surface area contributed by atoms with E-state index in [2.05, 4.69) is 6.92 Å². The summed E-state index contributed by atoms with van der Waals surface area (Å²) in [7, 11) is -3.98. The summed E-state index contributed by atoms with van der Waals surface area (Å²) in [6, 6.07) is 3.34. The Labute approximate surface area is 120 Å². The quantitative estimate of drug-likeness (QED) is 0.712. The summed E-state index contributed by atoms with van der Waals surface area (Å²) in [5, 5.41) is 5.04. The molecule has 0 saturated heterocycles. The van der Waals surface area contributed by atoms with Gasteiger partial charge in [0.1, 0.15) is 16.5 Å². The molecule has 0 aliphatic rings. The molecule has 6 heteroatoms. The lowest BCUT2D eigenvalue weighted by Crippen LogP contribution is -2.14. The largest absolute Gasteiger partial charge is 0.492 e. The van der Waals surface area contributed by atoms with E-state index in [4.69, 9.17) is 9.88 Å². The van der Waals surface area contributed by atoms with Crippen LogP contribution in [0.3, 0.4) is 0 Å². The average Bonchev–Trinajstić information content (AvgIpc) is 2.38. The van der Waals surface area contributed by atoms with Crippen molar-refractivity contribution in [1.29, 1.82) is 0 Å². The van der Waals surface area contributed by atoms with Crippen LogP contribution in [-0.4, -0.2) is 15.0 Å².